The Hall–Kier alpha value is -2.31. The number of pyridine rings is 1. The van der Waals surface area contributed by atoms with Gasteiger partial charge in [0.25, 0.3) is 0 Å². The van der Waals surface area contributed by atoms with Crippen LogP contribution in [-0.2, 0) is 9.53 Å². The monoisotopic (exact) mass is 334 g/mol. The highest BCUT2D eigenvalue weighted by Crippen LogP contribution is 2.23. The van der Waals surface area contributed by atoms with Gasteiger partial charge in [-0.05, 0) is 45.7 Å². The lowest BCUT2D eigenvalue weighted by atomic mass is 9.95. The molecule has 24 heavy (non-hydrogen) atoms. The predicted molar refractivity (Wildman–Crippen MR) is 92.6 cm³/mol. The van der Waals surface area contributed by atoms with Crippen molar-refractivity contribution in [3.05, 3.63) is 18.3 Å². The predicted octanol–water partition coefficient (Wildman–Crippen LogP) is 2.27. The molecule has 1 aliphatic heterocycles. The number of ether oxygens (including phenoxy) is 1. The summed E-state index contributed by atoms with van der Waals surface area (Å²) in [5.41, 5.74) is 5.77. The Bertz CT molecular complexity index is 587. The molecule has 1 saturated heterocycles. The van der Waals surface area contributed by atoms with Gasteiger partial charge in [-0.3, -0.25) is 4.79 Å². The second-order valence-corrected chi connectivity index (χ2v) is 7.08. The summed E-state index contributed by atoms with van der Waals surface area (Å²) in [6.45, 7) is 6.59. The average molecular weight is 334 g/mol. The van der Waals surface area contributed by atoms with Crippen molar-refractivity contribution in [3.63, 3.8) is 0 Å². The number of carbonyl (C=O) groups excluding carboxylic acids is 2. The van der Waals surface area contributed by atoms with Crippen LogP contribution in [0.5, 0.6) is 0 Å². The first-order valence-electron chi connectivity index (χ1n) is 8.14. The van der Waals surface area contributed by atoms with Crippen LogP contribution < -0.4 is 10.6 Å². The average Bonchev–Trinajstić information content (AvgIpc) is 2.53. The number of nitrogen functional groups attached to an aromatic ring is 1. The molecule has 0 atom stereocenters. The summed E-state index contributed by atoms with van der Waals surface area (Å²) in [7, 11) is 1.73. The first-order valence-corrected chi connectivity index (χ1v) is 8.14. The molecule has 7 nitrogen and oxygen atoms in total. The van der Waals surface area contributed by atoms with E-state index in [1.807, 2.05) is 20.8 Å². The fourth-order valence-corrected chi connectivity index (χ4v) is 2.63. The number of anilines is 2. The van der Waals surface area contributed by atoms with Gasteiger partial charge in [0.2, 0.25) is 5.91 Å². The number of nitrogens with zero attached hydrogens (tertiary/aromatic N) is 3. The number of amides is 2. The minimum absolute atomic E-state index is 0.0328. The Kier molecular flexibility index (Phi) is 5.31. The molecule has 2 amide bonds. The normalized spacial score (nSPS) is 15.9. The standard InChI is InChI=1S/C17H26N4O3/c1-17(2,3)24-16(23)21-9-7-12(8-10-21)15(22)20(4)13-5-6-14(18)19-11-13/h5-6,11-12H,7-10H2,1-4H3,(H2,18,19). The van der Waals surface area contributed by atoms with E-state index in [1.165, 1.54) is 0 Å². The van der Waals surface area contributed by atoms with Gasteiger partial charge in [-0.15, -0.1) is 0 Å². The molecule has 0 saturated carbocycles. The van der Waals surface area contributed by atoms with Crippen LogP contribution in [0.15, 0.2) is 18.3 Å². The number of rotatable bonds is 2. The number of likely N-dealkylation sites (tertiary alicyclic amines) is 1. The van der Waals surface area contributed by atoms with Crippen molar-refractivity contribution in [2.45, 2.75) is 39.2 Å². The minimum Gasteiger partial charge on any atom is -0.444 e. The van der Waals surface area contributed by atoms with Crippen molar-refractivity contribution in [1.82, 2.24) is 9.88 Å². The summed E-state index contributed by atoms with van der Waals surface area (Å²) < 4.78 is 5.37. The molecule has 1 aromatic rings. The van der Waals surface area contributed by atoms with E-state index in [9.17, 15) is 9.59 Å². The van der Waals surface area contributed by atoms with Gasteiger partial charge in [-0.25, -0.2) is 9.78 Å². The maximum absolute atomic E-state index is 12.6. The van der Waals surface area contributed by atoms with Gasteiger partial charge >= 0.3 is 6.09 Å². The van der Waals surface area contributed by atoms with Crippen LogP contribution in [-0.4, -0.2) is 47.6 Å². The van der Waals surface area contributed by atoms with Crippen LogP contribution >= 0.6 is 0 Å². The van der Waals surface area contributed by atoms with Gasteiger partial charge < -0.3 is 20.3 Å². The lowest BCUT2D eigenvalue weighted by molar-refractivity contribution is -0.123. The summed E-state index contributed by atoms with van der Waals surface area (Å²) in [5, 5.41) is 0. The van der Waals surface area contributed by atoms with E-state index in [4.69, 9.17) is 10.5 Å². The molecule has 7 heteroatoms. The van der Waals surface area contributed by atoms with Gasteiger partial charge in [-0.2, -0.15) is 0 Å². The largest absolute Gasteiger partial charge is 0.444 e. The molecule has 2 heterocycles. The highest BCUT2D eigenvalue weighted by molar-refractivity contribution is 5.94. The van der Waals surface area contributed by atoms with Gasteiger partial charge in [0, 0.05) is 26.1 Å². The van der Waals surface area contributed by atoms with Crippen LogP contribution in [0.25, 0.3) is 0 Å². The maximum Gasteiger partial charge on any atom is 0.410 e. The molecular formula is C17H26N4O3. The molecule has 0 aromatic carbocycles. The Morgan fingerprint density at radius 3 is 2.42 bits per heavy atom. The Labute approximate surface area is 142 Å². The third-order valence-electron chi connectivity index (χ3n) is 3.98. The highest BCUT2D eigenvalue weighted by Gasteiger charge is 2.31. The molecule has 0 aliphatic carbocycles. The van der Waals surface area contributed by atoms with Crippen LogP contribution in [0.2, 0.25) is 0 Å². The topological polar surface area (TPSA) is 88.8 Å². The number of carbonyl (C=O) groups is 2. The summed E-state index contributed by atoms with van der Waals surface area (Å²) in [6.07, 6.45) is 2.53. The highest BCUT2D eigenvalue weighted by atomic mass is 16.6. The number of nitrogens with two attached hydrogens (primary N) is 1. The fourth-order valence-electron chi connectivity index (χ4n) is 2.63. The summed E-state index contributed by atoms with van der Waals surface area (Å²) in [4.78, 5) is 32.0. The van der Waals surface area contributed by atoms with Crippen molar-refractivity contribution in [2.24, 2.45) is 5.92 Å². The van der Waals surface area contributed by atoms with Crippen LogP contribution in [0.4, 0.5) is 16.3 Å². The van der Waals surface area contributed by atoms with Gasteiger partial charge in [0.05, 0.1) is 11.9 Å². The van der Waals surface area contributed by atoms with Gasteiger partial charge in [0.15, 0.2) is 0 Å². The first-order chi connectivity index (χ1) is 11.2. The maximum atomic E-state index is 12.6. The number of hydrogen-bond acceptors (Lipinski definition) is 5. The van der Waals surface area contributed by atoms with Crippen molar-refractivity contribution in [3.8, 4) is 0 Å². The van der Waals surface area contributed by atoms with Crippen molar-refractivity contribution in [1.29, 1.82) is 0 Å². The molecular weight excluding hydrogens is 308 g/mol. The molecule has 0 radical (unpaired) electrons. The number of aromatic nitrogens is 1. The lowest BCUT2D eigenvalue weighted by Crippen LogP contribution is -2.45. The Morgan fingerprint density at radius 1 is 1.29 bits per heavy atom. The summed E-state index contributed by atoms with van der Waals surface area (Å²) in [6, 6.07) is 3.44. The molecule has 1 fully saturated rings. The molecule has 0 spiro atoms. The SMILES string of the molecule is CN(C(=O)C1CCN(C(=O)OC(C)(C)C)CC1)c1ccc(N)nc1. The lowest BCUT2D eigenvalue weighted by Gasteiger charge is -2.34. The van der Waals surface area contributed by atoms with E-state index < -0.39 is 5.60 Å². The van der Waals surface area contributed by atoms with Gasteiger partial charge in [-0.1, -0.05) is 0 Å². The number of hydrogen-bond donors (Lipinski definition) is 1. The van der Waals surface area contributed by atoms with E-state index in [1.54, 1.807) is 35.2 Å². The molecule has 132 valence electrons. The molecule has 0 bridgehead atoms. The van der Waals surface area contributed by atoms with Gasteiger partial charge in [0.1, 0.15) is 11.4 Å². The molecule has 0 unspecified atom stereocenters. The molecule has 1 aromatic heterocycles. The summed E-state index contributed by atoms with van der Waals surface area (Å²) in [5.74, 6) is 0.349. The zero-order valence-corrected chi connectivity index (χ0v) is 14.8. The van der Waals surface area contributed by atoms with E-state index in [0.29, 0.717) is 37.4 Å². The molecule has 2 rings (SSSR count). The van der Waals surface area contributed by atoms with E-state index in [0.717, 1.165) is 0 Å². The van der Waals surface area contributed by atoms with Crippen molar-refractivity contribution < 1.29 is 14.3 Å². The van der Waals surface area contributed by atoms with Crippen molar-refractivity contribution in [2.75, 3.05) is 30.8 Å². The first kappa shape index (κ1) is 18.0. The van der Waals surface area contributed by atoms with Crippen molar-refractivity contribution >= 4 is 23.5 Å². The third kappa shape index (κ3) is 4.59. The zero-order valence-electron chi connectivity index (χ0n) is 14.8. The number of piperidine rings is 1. The summed E-state index contributed by atoms with van der Waals surface area (Å²) >= 11 is 0. The quantitative estimate of drug-likeness (QED) is 0.896. The zero-order chi connectivity index (χ0) is 17.9. The second-order valence-electron chi connectivity index (χ2n) is 7.08. The molecule has 2 N–H and O–H groups in total. The van der Waals surface area contributed by atoms with Crippen LogP contribution in [0.3, 0.4) is 0 Å². The third-order valence-corrected chi connectivity index (χ3v) is 3.98. The van der Waals surface area contributed by atoms with E-state index >= 15 is 0 Å². The minimum atomic E-state index is -0.508. The van der Waals surface area contributed by atoms with E-state index in [2.05, 4.69) is 4.98 Å². The fraction of sp³-hybridized carbons (Fsp3) is 0.588. The van der Waals surface area contributed by atoms with Crippen LogP contribution in [0, 0.1) is 5.92 Å². The Morgan fingerprint density at radius 2 is 1.92 bits per heavy atom. The smallest absolute Gasteiger partial charge is 0.410 e. The molecule has 1 aliphatic rings. The van der Waals surface area contributed by atoms with E-state index in [-0.39, 0.29) is 17.9 Å². The second kappa shape index (κ2) is 7.07. The Balaban J connectivity index is 1.90. The van der Waals surface area contributed by atoms with Crippen LogP contribution in [0.1, 0.15) is 33.6 Å².